The van der Waals surface area contributed by atoms with Gasteiger partial charge < -0.3 is 39.5 Å². The number of benzene rings is 1. The van der Waals surface area contributed by atoms with Gasteiger partial charge in [-0.1, -0.05) is 59.8 Å². The molecule has 4 N–H and O–H groups in total. The van der Waals surface area contributed by atoms with Gasteiger partial charge in [0.15, 0.2) is 11.6 Å². The maximum atomic E-state index is 14.7. The van der Waals surface area contributed by atoms with Crippen molar-refractivity contribution in [1.82, 2.24) is 4.90 Å². The van der Waals surface area contributed by atoms with Crippen LogP contribution in [0.15, 0.2) is 51.8 Å². The standard InChI is InChI=1S/C49H72N2O10/c1-25(2)23-51-21-19-48(13,20-22-51)50-39-29(6)30(7)43(56)37-36(39)38-46(34(11)44(37)57)61-49(14,47(38)58)60-24-28(5)45(59-15)33(10)42(55)32(9)41(54)31(8)40(53)27(4)18-16-17-26(3)35(12)52/h16-18,24-25,27,31-33,40-42,45,53-55,57H,19-23H2,1-15H3/b18-16+,26-17-,28-24+,50-39+/t27-,31+,32+,33-,40-,41+,42-,45-,49-/m0/s1. The number of methoxy groups -OCH3 is 1. The molecule has 0 saturated carbocycles. The Balaban J connectivity index is 1.59. The average Bonchev–Trinajstić information content (AvgIpc) is 3.48. The zero-order valence-corrected chi connectivity index (χ0v) is 39.2. The Morgan fingerprint density at radius 3 is 2.00 bits per heavy atom. The molecule has 0 aromatic heterocycles. The number of phenolic OH excluding ortho intramolecular Hbond substituents is 1. The number of carbonyl (C=O) groups is 3. The normalized spacial score (nSPS) is 24.6. The molecule has 0 unspecified atom stereocenters. The van der Waals surface area contributed by atoms with Crippen molar-refractivity contribution in [3.8, 4) is 11.5 Å². The molecule has 1 aromatic rings. The molecule has 3 aliphatic rings. The van der Waals surface area contributed by atoms with E-state index in [1.807, 2.05) is 13.8 Å². The Bertz CT molecular complexity index is 2000. The Kier molecular flexibility index (Phi) is 16.0. The lowest BCUT2D eigenvalue weighted by atomic mass is 9.78. The van der Waals surface area contributed by atoms with E-state index in [1.54, 1.807) is 66.7 Å². The number of allylic oxidation sites excluding steroid dienone is 5. The van der Waals surface area contributed by atoms with E-state index in [1.165, 1.54) is 27.2 Å². The third-order valence-corrected chi connectivity index (χ3v) is 13.5. The monoisotopic (exact) mass is 849 g/mol. The number of nitrogens with zero attached hydrogens (tertiary/aromatic N) is 2. The van der Waals surface area contributed by atoms with Crippen LogP contribution in [0.2, 0.25) is 0 Å². The van der Waals surface area contributed by atoms with Gasteiger partial charge in [0.2, 0.25) is 0 Å². The van der Waals surface area contributed by atoms with E-state index < -0.39 is 59.3 Å². The summed E-state index contributed by atoms with van der Waals surface area (Å²) in [6.07, 6.45) is 4.33. The molecule has 338 valence electrons. The van der Waals surface area contributed by atoms with Gasteiger partial charge in [-0.25, -0.2) is 0 Å². The summed E-state index contributed by atoms with van der Waals surface area (Å²) < 4.78 is 18.4. The molecule has 1 aliphatic carbocycles. The van der Waals surface area contributed by atoms with Gasteiger partial charge in [0, 0.05) is 74.0 Å². The Labute approximate surface area is 363 Å². The first kappa shape index (κ1) is 49.7. The summed E-state index contributed by atoms with van der Waals surface area (Å²) in [5.41, 5.74) is 2.92. The fourth-order valence-corrected chi connectivity index (χ4v) is 8.88. The molecule has 1 fully saturated rings. The van der Waals surface area contributed by atoms with Crippen LogP contribution in [0, 0.1) is 36.5 Å². The van der Waals surface area contributed by atoms with Crippen molar-refractivity contribution in [3.05, 3.63) is 69.0 Å². The van der Waals surface area contributed by atoms with E-state index in [0.717, 1.165) is 32.5 Å². The van der Waals surface area contributed by atoms with Crippen LogP contribution in [0.1, 0.15) is 135 Å². The summed E-state index contributed by atoms with van der Waals surface area (Å²) in [5, 5.41) is 45.6. The van der Waals surface area contributed by atoms with Crippen LogP contribution < -0.4 is 4.74 Å². The highest BCUT2D eigenvalue weighted by Gasteiger charge is 2.52. The SMILES string of the molecule is CO[C@@H](/C(C)=C/O[C@@]1(C)Oc2c(C)c(O)c3c(c2C1=O)/C(=N/C1(C)CCN(CC(C)C)CC1)C(C)=C(C)C3=O)[C@@H](C)[C@@H](O)[C@H](C)[C@H](O)[C@H](C)[C@@H](O)[C@@H](C)/C=C/C=C(/C)C(C)=O. The number of ether oxygens (including phenoxy) is 3. The predicted octanol–water partition coefficient (Wildman–Crippen LogP) is 7.48. The first-order chi connectivity index (χ1) is 28.3. The summed E-state index contributed by atoms with van der Waals surface area (Å²) in [6, 6.07) is 0. The maximum absolute atomic E-state index is 14.7. The number of aliphatic hydroxyl groups excluding tert-OH is 3. The van der Waals surface area contributed by atoms with Crippen LogP contribution in [-0.2, 0) is 14.3 Å². The van der Waals surface area contributed by atoms with Crippen molar-refractivity contribution >= 4 is 23.1 Å². The van der Waals surface area contributed by atoms with Gasteiger partial charge >= 0.3 is 5.79 Å². The van der Waals surface area contributed by atoms with Crippen LogP contribution in [0.4, 0.5) is 0 Å². The number of ketones is 3. The molecule has 9 atom stereocenters. The number of piperidine rings is 1. The number of hydrogen-bond acceptors (Lipinski definition) is 12. The molecular formula is C49H72N2O10. The summed E-state index contributed by atoms with van der Waals surface area (Å²) in [5.74, 6) is -4.63. The number of aliphatic imine (C=N–C) groups is 1. The highest BCUT2D eigenvalue weighted by atomic mass is 16.7. The number of hydrogen-bond donors (Lipinski definition) is 4. The van der Waals surface area contributed by atoms with Crippen molar-refractivity contribution in [1.29, 1.82) is 0 Å². The molecule has 2 aliphatic heterocycles. The second-order valence-corrected chi connectivity index (χ2v) is 18.9. The van der Waals surface area contributed by atoms with Crippen LogP contribution in [0.25, 0.3) is 0 Å². The number of likely N-dealkylation sites (tertiary alicyclic amines) is 1. The van der Waals surface area contributed by atoms with E-state index >= 15 is 0 Å². The molecule has 0 amide bonds. The molecule has 61 heavy (non-hydrogen) atoms. The van der Waals surface area contributed by atoms with Crippen molar-refractivity contribution in [2.75, 3.05) is 26.7 Å². The maximum Gasteiger partial charge on any atom is 0.312 e. The van der Waals surface area contributed by atoms with Gasteiger partial charge in [0.05, 0.1) is 53.1 Å². The number of fused-ring (bicyclic) bond motifs is 3. The van der Waals surface area contributed by atoms with Gasteiger partial charge in [-0.2, -0.15) is 0 Å². The van der Waals surface area contributed by atoms with Gasteiger partial charge in [-0.15, -0.1) is 0 Å². The van der Waals surface area contributed by atoms with Crippen LogP contribution in [-0.4, -0.2) is 111 Å². The number of aliphatic hydroxyl groups is 3. The molecule has 0 spiro atoms. The third-order valence-electron chi connectivity index (χ3n) is 13.5. The second-order valence-electron chi connectivity index (χ2n) is 18.9. The van der Waals surface area contributed by atoms with E-state index in [9.17, 15) is 34.8 Å². The summed E-state index contributed by atoms with van der Waals surface area (Å²) in [7, 11) is 1.49. The van der Waals surface area contributed by atoms with Gasteiger partial charge in [0.25, 0.3) is 5.78 Å². The lowest BCUT2D eigenvalue weighted by molar-refractivity contribution is -0.113. The number of aromatic hydroxyl groups is 1. The molecule has 4 rings (SSSR count). The van der Waals surface area contributed by atoms with Crippen LogP contribution in [0.5, 0.6) is 11.5 Å². The molecule has 12 heteroatoms. The number of carbonyl (C=O) groups excluding carboxylic acids is 3. The zero-order chi connectivity index (χ0) is 46.0. The van der Waals surface area contributed by atoms with Gasteiger partial charge in [-0.3, -0.25) is 19.4 Å². The smallest absolute Gasteiger partial charge is 0.312 e. The van der Waals surface area contributed by atoms with Crippen molar-refractivity contribution in [2.45, 2.75) is 146 Å². The molecule has 2 heterocycles. The van der Waals surface area contributed by atoms with Gasteiger partial charge in [0.1, 0.15) is 11.5 Å². The number of rotatable bonds is 17. The molecular weight excluding hydrogens is 777 g/mol. The average molecular weight is 849 g/mol. The number of phenols is 1. The lowest BCUT2D eigenvalue weighted by Crippen LogP contribution is -2.45. The molecule has 1 aromatic carbocycles. The van der Waals surface area contributed by atoms with Crippen molar-refractivity contribution < 1.29 is 49.0 Å². The quantitative estimate of drug-likeness (QED) is 0.0695. The molecule has 1 saturated heterocycles. The lowest BCUT2D eigenvalue weighted by Gasteiger charge is -2.38. The minimum atomic E-state index is -1.89. The van der Waals surface area contributed by atoms with E-state index in [2.05, 4.69) is 25.7 Å². The zero-order valence-electron chi connectivity index (χ0n) is 39.2. The van der Waals surface area contributed by atoms with Crippen molar-refractivity contribution in [2.24, 2.45) is 34.6 Å². The van der Waals surface area contributed by atoms with E-state index in [4.69, 9.17) is 19.2 Å². The highest BCUT2D eigenvalue weighted by Crippen LogP contribution is 2.49. The first-order valence-electron chi connectivity index (χ1n) is 21.8. The second kappa shape index (κ2) is 19.6. The molecule has 0 bridgehead atoms. The fraction of sp³-hybridized carbons (Fsp3) is 0.633. The summed E-state index contributed by atoms with van der Waals surface area (Å²) >= 11 is 0. The van der Waals surface area contributed by atoms with Crippen LogP contribution >= 0.6 is 0 Å². The van der Waals surface area contributed by atoms with Crippen LogP contribution in [0.3, 0.4) is 0 Å². The first-order valence-corrected chi connectivity index (χ1v) is 21.8. The molecule has 0 radical (unpaired) electrons. The summed E-state index contributed by atoms with van der Waals surface area (Å²) in [6.45, 7) is 27.9. The Morgan fingerprint density at radius 2 is 1.44 bits per heavy atom. The van der Waals surface area contributed by atoms with E-state index in [0.29, 0.717) is 33.9 Å². The Hall–Kier alpha value is -3.94. The fourth-order valence-electron chi connectivity index (χ4n) is 8.88. The predicted molar refractivity (Wildman–Crippen MR) is 238 cm³/mol. The van der Waals surface area contributed by atoms with E-state index in [-0.39, 0.29) is 51.2 Å². The minimum Gasteiger partial charge on any atom is -0.507 e. The van der Waals surface area contributed by atoms with Gasteiger partial charge in [-0.05, 0) is 83.9 Å². The largest absolute Gasteiger partial charge is 0.507 e. The summed E-state index contributed by atoms with van der Waals surface area (Å²) in [4.78, 5) is 47.9. The Morgan fingerprint density at radius 1 is 0.869 bits per heavy atom. The molecule has 12 nitrogen and oxygen atoms in total. The topological polar surface area (TPSA) is 175 Å². The number of Topliss-reactive ketones (excluding diaryl/α,β-unsaturated/α-hetero) is 3. The third kappa shape index (κ3) is 10.3. The minimum absolute atomic E-state index is 0.0371. The highest BCUT2D eigenvalue weighted by molar-refractivity contribution is 6.33. The van der Waals surface area contributed by atoms with Crippen molar-refractivity contribution in [3.63, 3.8) is 0 Å².